The molecular weight excluding hydrogens is 408 g/mol. The molecule has 2 heterocycles. The molecule has 4 N–H and O–H groups in total. The zero-order chi connectivity index (χ0) is 22.2. The molecule has 7 nitrogen and oxygen atoms in total. The van der Waals surface area contributed by atoms with Gasteiger partial charge in [0.1, 0.15) is 0 Å². The lowest BCUT2D eigenvalue weighted by Gasteiger charge is -2.31. The van der Waals surface area contributed by atoms with Crippen LogP contribution in [0.1, 0.15) is 46.5 Å². The Balaban J connectivity index is 1.59. The highest BCUT2D eigenvalue weighted by Gasteiger charge is 2.23. The average Bonchev–Trinajstić information content (AvgIpc) is 3.07. The normalized spacial score (nSPS) is 17.5. The van der Waals surface area contributed by atoms with Crippen molar-refractivity contribution in [2.75, 3.05) is 19.6 Å². The van der Waals surface area contributed by atoms with Crippen molar-refractivity contribution >= 4 is 23.2 Å². The number of carbonyl (C=O) groups is 1. The van der Waals surface area contributed by atoms with E-state index in [1.807, 2.05) is 13.8 Å². The topological polar surface area (TPSA) is 95.6 Å². The lowest BCUT2D eigenvalue weighted by molar-refractivity contribution is -0.123. The number of nitrogens with two attached hydrogens (primary N) is 1. The third-order valence-electron chi connectivity index (χ3n) is 5.49. The van der Waals surface area contributed by atoms with Crippen LogP contribution in [0.4, 0.5) is 0 Å². The highest BCUT2D eigenvalue weighted by atomic mass is 32.1. The summed E-state index contributed by atoms with van der Waals surface area (Å²) in [5, 5.41) is 7.82. The van der Waals surface area contributed by atoms with Crippen LogP contribution < -0.4 is 16.4 Å². The summed E-state index contributed by atoms with van der Waals surface area (Å²) in [7, 11) is 0. The van der Waals surface area contributed by atoms with Crippen LogP contribution in [0, 0.1) is 19.8 Å². The van der Waals surface area contributed by atoms with Gasteiger partial charge in [0.05, 0.1) is 29.7 Å². The summed E-state index contributed by atoms with van der Waals surface area (Å²) in [6, 6.07) is 8.53. The average molecular weight is 443 g/mol. The van der Waals surface area contributed by atoms with E-state index in [9.17, 15) is 4.79 Å². The minimum absolute atomic E-state index is 0.0266. The number of aliphatic imine (C=N–C) groups is 1. The number of hydrogen-bond donors (Lipinski definition) is 3. The molecule has 1 aromatic heterocycles. The van der Waals surface area contributed by atoms with Crippen molar-refractivity contribution in [3.63, 3.8) is 0 Å². The van der Waals surface area contributed by atoms with E-state index in [2.05, 4.69) is 51.7 Å². The van der Waals surface area contributed by atoms with Crippen LogP contribution in [0.2, 0.25) is 0 Å². The maximum Gasteiger partial charge on any atom is 0.221 e. The lowest BCUT2D eigenvalue weighted by Crippen LogP contribution is -2.40. The monoisotopic (exact) mass is 442 g/mol. The van der Waals surface area contributed by atoms with Crippen molar-refractivity contribution in [3.05, 3.63) is 51.0 Å². The Morgan fingerprint density at radius 2 is 2.13 bits per heavy atom. The molecule has 1 atom stereocenters. The number of aryl methyl sites for hydroxylation is 2. The number of carbonyl (C=O) groups excluding carboxylic acids is 1. The minimum atomic E-state index is -0.181. The van der Waals surface area contributed by atoms with E-state index in [1.165, 1.54) is 16.0 Å². The molecule has 2 aromatic rings. The SMILES string of the molecule is CCNC(=NCc1cccc(CN2CCCC(C(N)=O)C2)c1)NCc1sc(C)nc1C. The first-order chi connectivity index (χ1) is 14.9. The van der Waals surface area contributed by atoms with Crippen molar-refractivity contribution in [2.45, 2.75) is 53.2 Å². The van der Waals surface area contributed by atoms with Crippen molar-refractivity contribution in [2.24, 2.45) is 16.6 Å². The van der Waals surface area contributed by atoms with E-state index in [-0.39, 0.29) is 11.8 Å². The van der Waals surface area contributed by atoms with Crippen LogP contribution in [0.3, 0.4) is 0 Å². The summed E-state index contributed by atoms with van der Waals surface area (Å²) in [6.45, 7) is 10.9. The molecule has 0 radical (unpaired) electrons. The second-order valence-electron chi connectivity index (χ2n) is 8.09. The second kappa shape index (κ2) is 11.2. The number of thiazole rings is 1. The van der Waals surface area contributed by atoms with Crippen LogP contribution in [-0.2, 0) is 24.4 Å². The van der Waals surface area contributed by atoms with Crippen LogP contribution in [0.5, 0.6) is 0 Å². The lowest BCUT2D eigenvalue weighted by atomic mass is 9.97. The van der Waals surface area contributed by atoms with Crippen molar-refractivity contribution in [1.82, 2.24) is 20.5 Å². The van der Waals surface area contributed by atoms with Gasteiger partial charge in [-0.25, -0.2) is 9.98 Å². The molecule has 0 aliphatic carbocycles. The highest BCUT2D eigenvalue weighted by molar-refractivity contribution is 7.11. The van der Waals surface area contributed by atoms with Crippen molar-refractivity contribution in [1.29, 1.82) is 0 Å². The van der Waals surface area contributed by atoms with Crippen molar-refractivity contribution in [3.8, 4) is 0 Å². The van der Waals surface area contributed by atoms with E-state index in [4.69, 9.17) is 10.7 Å². The van der Waals surface area contributed by atoms with E-state index < -0.39 is 0 Å². The molecule has 1 aliphatic rings. The number of rotatable bonds is 8. The molecule has 0 saturated carbocycles. The van der Waals surface area contributed by atoms with Crippen LogP contribution in [-0.4, -0.2) is 41.4 Å². The molecule has 3 rings (SSSR count). The molecule has 168 valence electrons. The number of guanidine groups is 1. The summed E-state index contributed by atoms with van der Waals surface area (Å²) >= 11 is 1.72. The van der Waals surface area contributed by atoms with Gasteiger partial charge in [0.25, 0.3) is 0 Å². The summed E-state index contributed by atoms with van der Waals surface area (Å²) in [6.07, 6.45) is 1.93. The third-order valence-corrected chi connectivity index (χ3v) is 6.56. The van der Waals surface area contributed by atoms with Gasteiger partial charge in [0, 0.05) is 24.5 Å². The quantitative estimate of drug-likeness (QED) is 0.432. The predicted molar refractivity (Wildman–Crippen MR) is 127 cm³/mol. The van der Waals surface area contributed by atoms with Crippen LogP contribution in [0.25, 0.3) is 0 Å². The molecule has 8 heteroatoms. The third kappa shape index (κ3) is 7.04. The van der Waals surface area contributed by atoms with Gasteiger partial charge in [-0.15, -0.1) is 11.3 Å². The second-order valence-corrected chi connectivity index (χ2v) is 9.37. The molecule has 0 spiro atoms. The molecule has 1 saturated heterocycles. The number of aromatic nitrogens is 1. The van der Waals surface area contributed by atoms with Gasteiger partial charge in [-0.05, 0) is 51.3 Å². The van der Waals surface area contributed by atoms with Gasteiger partial charge in [0.15, 0.2) is 5.96 Å². The van der Waals surface area contributed by atoms with E-state index in [1.54, 1.807) is 11.3 Å². The summed E-state index contributed by atoms with van der Waals surface area (Å²) < 4.78 is 0. The fraction of sp³-hybridized carbons (Fsp3) is 0.522. The number of amides is 1. The number of benzene rings is 1. The molecule has 1 fully saturated rings. The zero-order valence-electron chi connectivity index (χ0n) is 18.8. The highest BCUT2D eigenvalue weighted by Crippen LogP contribution is 2.19. The number of nitrogens with zero attached hydrogens (tertiary/aromatic N) is 3. The van der Waals surface area contributed by atoms with Crippen molar-refractivity contribution < 1.29 is 4.79 Å². The summed E-state index contributed by atoms with van der Waals surface area (Å²) in [5.74, 6) is 0.597. The molecule has 1 aliphatic heterocycles. The Labute approximate surface area is 189 Å². The first-order valence-corrected chi connectivity index (χ1v) is 11.8. The number of piperidine rings is 1. The minimum Gasteiger partial charge on any atom is -0.369 e. The molecule has 1 unspecified atom stereocenters. The summed E-state index contributed by atoms with van der Waals surface area (Å²) in [4.78, 5) is 24.4. The van der Waals surface area contributed by atoms with Gasteiger partial charge in [0.2, 0.25) is 5.91 Å². The largest absolute Gasteiger partial charge is 0.369 e. The van der Waals surface area contributed by atoms with Gasteiger partial charge in [-0.2, -0.15) is 0 Å². The number of primary amides is 1. The van der Waals surface area contributed by atoms with Gasteiger partial charge in [-0.3, -0.25) is 9.69 Å². The zero-order valence-corrected chi connectivity index (χ0v) is 19.6. The molecule has 1 amide bonds. The number of likely N-dealkylation sites (tertiary alicyclic amines) is 1. The predicted octanol–water partition coefficient (Wildman–Crippen LogP) is 2.71. The molecular formula is C23H34N6OS. The Bertz CT molecular complexity index is 909. The van der Waals surface area contributed by atoms with E-state index >= 15 is 0 Å². The van der Waals surface area contributed by atoms with Crippen LogP contribution in [0.15, 0.2) is 29.3 Å². The fourth-order valence-electron chi connectivity index (χ4n) is 3.93. The van der Waals surface area contributed by atoms with Gasteiger partial charge < -0.3 is 16.4 Å². The Morgan fingerprint density at radius 1 is 1.32 bits per heavy atom. The first kappa shape index (κ1) is 23.2. The summed E-state index contributed by atoms with van der Waals surface area (Å²) in [5.41, 5.74) is 9.01. The van der Waals surface area contributed by atoms with E-state index in [0.717, 1.165) is 62.2 Å². The Kier molecular flexibility index (Phi) is 8.43. The number of hydrogen-bond acceptors (Lipinski definition) is 5. The maximum atomic E-state index is 11.5. The van der Waals surface area contributed by atoms with Gasteiger partial charge >= 0.3 is 0 Å². The number of nitrogens with one attached hydrogen (secondary N) is 2. The molecule has 0 bridgehead atoms. The molecule has 1 aromatic carbocycles. The van der Waals surface area contributed by atoms with Gasteiger partial charge in [-0.1, -0.05) is 24.3 Å². The molecule has 31 heavy (non-hydrogen) atoms. The van der Waals surface area contributed by atoms with Crippen LogP contribution >= 0.6 is 11.3 Å². The Hall–Kier alpha value is -2.45. The first-order valence-electron chi connectivity index (χ1n) is 11.0. The smallest absolute Gasteiger partial charge is 0.221 e. The maximum absolute atomic E-state index is 11.5. The fourth-order valence-corrected chi connectivity index (χ4v) is 4.81. The Morgan fingerprint density at radius 3 is 2.84 bits per heavy atom. The van der Waals surface area contributed by atoms with E-state index in [0.29, 0.717) is 6.54 Å². The standard InChI is InChI=1S/C23H34N6OS/c1-4-25-23(27-13-21-16(2)28-17(3)31-21)26-12-18-7-5-8-19(11-18)14-29-10-6-9-20(15-29)22(24)30/h5,7-8,11,20H,4,6,9-10,12-15H2,1-3H3,(H2,24,30)(H2,25,26,27).